The van der Waals surface area contributed by atoms with E-state index in [0.29, 0.717) is 12.3 Å². The number of hydrogen-bond donors (Lipinski definition) is 4. The fourth-order valence-corrected chi connectivity index (χ4v) is 4.98. The molecule has 130 valence electrons. The molecule has 1 aromatic heterocycles. The summed E-state index contributed by atoms with van der Waals surface area (Å²) in [5.41, 5.74) is 1.37. The Morgan fingerprint density at radius 2 is 1.92 bits per heavy atom. The summed E-state index contributed by atoms with van der Waals surface area (Å²) >= 11 is 0. The average molecular weight is 328 g/mol. The highest BCUT2D eigenvalue weighted by Crippen LogP contribution is 2.47. The standard InChI is InChI=1S/C20H28N2O2/c1-19(2)13-9-15(20(3,24)18(23)10-13)17(22-19)8-12-11-21-16-7-5-4-6-14(12)16/h4-7,11,13,15,17-18,21-24H,8-10H2,1-3H3/t13-,15-,17-,18-,20-/m1/s1. The summed E-state index contributed by atoms with van der Waals surface area (Å²) in [7, 11) is 0. The number of aliphatic hydroxyl groups is 2. The van der Waals surface area contributed by atoms with Gasteiger partial charge in [0.25, 0.3) is 0 Å². The molecule has 0 radical (unpaired) electrons. The van der Waals surface area contributed by atoms with E-state index in [0.717, 1.165) is 18.4 Å². The molecule has 2 bridgehead atoms. The maximum atomic E-state index is 10.9. The molecule has 0 spiro atoms. The van der Waals surface area contributed by atoms with E-state index in [1.165, 1.54) is 10.9 Å². The second-order valence-electron chi connectivity index (χ2n) is 8.55. The Labute approximate surface area is 143 Å². The summed E-state index contributed by atoms with van der Waals surface area (Å²) in [5, 5.41) is 26.5. The number of H-pyrrole nitrogens is 1. The minimum absolute atomic E-state index is 0.0231. The number of piperidine rings is 1. The molecule has 5 atom stereocenters. The molecule has 4 heteroatoms. The maximum Gasteiger partial charge on any atom is 0.0920 e. The number of aromatic nitrogens is 1. The second-order valence-corrected chi connectivity index (χ2v) is 8.55. The van der Waals surface area contributed by atoms with E-state index < -0.39 is 11.7 Å². The van der Waals surface area contributed by atoms with Crippen molar-refractivity contribution in [3.8, 4) is 0 Å². The van der Waals surface area contributed by atoms with Gasteiger partial charge in [0.1, 0.15) is 0 Å². The largest absolute Gasteiger partial charge is 0.390 e. The molecule has 1 saturated carbocycles. The zero-order valence-electron chi connectivity index (χ0n) is 14.7. The van der Waals surface area contributed by atoms with Crippen LogP contribution in [0.25, 0.3) is 10.9 Å². The molecule has 4 rings (SSSR count). The summed E-state index contributed by atoms with van der Waals surface area (Å²) in [6.45, 7) is 6.26. The van der Waals surface area contributed by atoms with Gasteiger partial charge in [0.05, 0.1) is 11.7 Å². The van der Waals surface area contributed by atoms with Gasteiger partial charge in [-0.05, 0) is 57.6 Å². The molecular weight excluding hydrogens is 300 g/mol. The van der Waals surface area contributed by atoms with Gasteiger partial charge in [-0.1, -0.05) is 18.2 Å². The molecule has 1 aliphatic heterocycles. The minimum atomic E-state index is -1.03. The number of aromatic amines is 1. The highest BCUT2D eigenvalue weighted by molar-refractivity contribution is 5.83. The number of para-hydroxylation sites is 1. The third-order valence-corrected chi connectivity index (χ3v) is 6.65. The predicted octanol–water partition coefficient (Wildman–Crippen LogP) is 2.60. The van der Waals surface area contributed by atoms with Crippen LogP contribution in [0.3, 0.4) is 0 Å². The molecule has 2 aromatic rings. The Morgan fingerprint density at radius 3 is 2.71 bits per heavy atom. The Morgan fingerprint density at radius 1 is 1.17 bits per heavy atom. The lowest BCUT2D eigenvalue weighted by Gasteiger charge is -2.57. The topological polar surface area (TPSA) is 68.3 Å². The SMILES string of the molecule is CC1(C)N[C@H](Cc2c[nH]c3ccccc23)[C@H]2C[C@@H]1C[C@@H](O)[C@]2(C)O. The van der Waals surface area contributed by atoms with Crippen LogP contribution in [0.15, 0.2) is 30.5 Å². The van der Waals surface area contributed by atoms with Crippen LogP contribution in [0.5, 0.6) is 0 Å². The van der Waals surface area contributed by atoms with Crippen molar-refractivity contribution in [1.29, 1.82) is 0 Å². The van der Waals surface area contributed by atoms with Crippen molar-refractivity contribution in [2.75, 3.05) is 0 Å². The molecule has 0 amide bonds. The lowest BCUT2D eigenvalue weighted by atomic mass is 9.59. The molecular formula is C20H28N2O2. The Kier molecular flexibility index (Phi) is 3.57. The summed E-state index contributed by atoms with van der Waals surface area (Å²) in [4.78, 5) is 3.34. The number of hydrogen-bond acceptors (Lipinski definition) is 3. The van der Waals surface area contributed by atoms with Crippen LogP contribution in [0.2, 0.25) is 0 Å². The highest BCUT2D eigenvalue weighted by Gasteiger charge is 2.55. The highest BCUT2D eigenvalue weighted by atomic mass is 16.3. The third kappa shape index (κ3) is 2.40. The molecule has 2 fully saturated rings. The first-order chi connectivity index (χ1) is 11.3. The molecule has 24 heavy (non-hydrogen) atoms. The van der Waals surface area contributed by atoms with E-state index >= 15 is 0 Å². The van der Waals surface area contributed by atoms with Crippen molar-refractivity contribution in [2.45, 2.75) is 63.3 Å². The lowest BCUT2D eigenvalue weighted by Crippen LogP contribution is -2.69. The van der Waals surface area contributed by atoms with Crippen LogP contribution >= 0.6 is 0 Å². The van der Waals surface area contributed by atoms with Gasteiger partial charge in [0, 0.05) is 34.6 Å². The fraction of sp³-hybridized carbons (Fsp3) is 0.600. The molecule has 1 saturated heterocycles. The van der Waals surface area contributed by atoms with E-state index in [-0.39, 0.29) is 17.5 Å². The van der Waals surface area contributed by atoms with Crippen molar-refractivity contribution in [3.05, 3.63) is 36.0 Å². The van der Waals surface area contributed by atoms with Gasteiger partial charge in [-0.15, -0.1) is 0 Å². The Bertz CT molecular complexity index is 749. The Balaban J connectivity index is 1.68. The van der Waals surface area contributed by atoms with Crippen LogP contribution in [-0.4, -0.2) is 38.5 Å². The van der Waals surface area contributed by atoms with Crippen molar-refractivity contribution >= 4 is 10.9 Å². The molecule has 4 N–H and O–H groups in total. The number of aliphatic hydroxyl groups excluding tert-OH is 1. The molecule has 0 unspecified atom stereocenters. The van der Waals surface area contributed by atoms with Crippen LogP contribution in [0.1, 0.15) is 39.2 Å². The predicted molar refractivity (Wildman–Crippen MR) is 95.9 cm³/mol. The third-order valence-electron chi connectivity index (χ3n) is 6.65. The zero-order valence-corrected chi connectivity index (χ0v) is 14.7. The van der Waals surface area contributed by atoms with Crippen molar-refractivity contribution < 1.29 is 10.2 Å². The number of fused-ring (bicyclic) bond motifs is 3. The maximum absolute atomic E-state index is 10.9. The molecule has 1 aliphatic carbocycles. The van der Waals surface area contributed by atoms with Crippen LogP contribution in [0.4, 0.5) is 0 Å². The van der Waals surface area contributed by atoms with Crippen molar-refractivity contribution in [2.24, 2.45) is 11.8 Å². The zero-order chi connectivity index (χ0) is 17.1. The van der Waals surface area contributed by atoms with Gasteiger partial charge in [-0.2, -0.15) is 0 Å². The van der Waals surface area contributed by atoms with Gasteiger partial charge in [-0.25, -0.2) is 0 Å². The number of nitrogens with one attached hydrogen (secondary N) is 2. The van der Waals surface area contributed by atoms with Crippen LogP contribution in [0, 0.1) is 11.8 Å². The summed E-state index contributed by atoms with van der Waals surface area (Å²) < 4.78 is 0. The summed E-state index contributed by atoms with van der Waals surface area (Å²) in [6.07, 6.45) is 3.93. The first kappa shape index (κ1) is 16.1. The van der Waals surface area contributed by atoms with Crippen molar-refractivity contribution in [1.82, 2.24) is 10.3 Å². The normalized spacial score (nSPS) is 38.4. The van der Waals surface area contributed by atoms with E-state index in [1.807, 2.05) is 6.07 Å². The molecule has 2 aliphatic rings. The smallest absolute Gasteiger partial charge is 0.0920 e. The average Bonchev–Trinajstić information content (AvgIpc) is 2.91. The Hall–Kier alpha value is -1.36. The van der Waals surface area contributed by atoms with Gasteiger partial charge in [0.15, 0.2) is 0 Å². The first-order valence-corrected chi connectivity index (χ1v) is 9.02. The van der Waals surface area contributed by atoms with Gasteiger partial charge < -0.3 is 20.5 Å². The van der Waals surface area contributed by atoms with Crippen LogP contribution < -0.4 is 5.32 Å². The lowest BCUT2D eigenvalue weighted by molar-refractivity contribution is -0.170. The van der Waals surface area contributed by atoms with E-state index in [9.17, 15) is 10.2 Å². The van der Waals surface area contributed by atoms with E-state index in [1.54, 1.807) is 6.92 Å². The minimum Gasteiger partial charge on any atom is -0.390 e. The first-order valence-electron chi connectivity index (χ1n) is 9.02. The summed E-state index contributed by atoms with van der Waals surface area (Å²) in [6, 6.07) is 8.49. The summed E-state index contributed by atoms with van der Waals surface area (Å²) in [5.74, 6) is 0.463. The van der Waals surface area contributed by atoms with Gasteiger partial charge >= 0.3 is 0 Å². The fourth-order valence-electron chi connectivity index (χ4n) is 4.98. The molecule has 2 heterocycles. The monoisotopic (exact) mass is 328 g/mol. The quantitative estimate of drug-likeness (QED) is 0.685. The molecule has 4 nitrogen and oxygen atoms in total. The number of benzene rings is 1. The van der Waals surface area contributed by atoms with Crippen molar-refractivity contribution in [3.63, 3.8) is 0 Å². The molecule has 1 aromatic carbocycles. The second kappa shape index (κ2) is 5.32. The van der Waals surface area contributed by atoms with Gasteiger partial charge in [0.2, 0.25) is 0 Å². The van der Waals surface area contributed by atoms with E-state index in [2.05, 4.69) is 48.5 Å². The van der Waals surface area contributed by atoms with Crippen LogP contribution in [-0.2, 0) is 6.42 Å². The number of rotatable bonds is 2. The van der Waals surface area contributed by atoms with E-state index in [4.69, 9.17) is 0 Å². The van der Waals surface area contributed by atoms with Gasteiger partial charge in [-0.3, -0.25) is 0 Å².